The van der Waals surface area contributed by atoms with Gasteiger partial charge in [-0.2, -0.15) is 18.2 Å². The van der Waals surface area contributed by atoms with E-state index in [1.807, 2.05) is 18.9 Å². The molecule has 0 bridgehead atoms. The van der Waals surface area contributed by atoms with Crippen LogP contribution in [0.3, 0.4) is 0 Å². The van der Waals surface area contributed by atoms with Crippen molar-refractivity contribution in [3.63, 3.8) is 0 Å². The molecule has 3 heterocycles. The molecule has 2 aliphatic rings. The van der Waals surface area contributed by atoms with Gasteiger partial charge in [0.1, 0.15) is 18.7 Å². The summed E-state index contributed by atoms with van der Waals surface area (Å²) in [7, 11) is 1.98. The van der Waals surface area contributed by atoms with Gasteiger partial charge in [-0.1, -0.05) is 11.6 Å². The van der Waals surface area contributed by atoms with Crippen LogP contribution < -0.4 is 25.0 Å². The van der Waals surface area contributed by atoms with Gasteiger partial charge in [-0.3, -0.25) is 4.79 Å². The minimum absolute atomic E-state index is 0.0439. The van der Waals surface area contributed by atoms with Crippen molar-refractivity contribution in [2.45, 2.75) is 19.1 Å². The Morgan fingerprint density at radius 3 is 2.67 bits per heavy atom. The molecule has 2 aliphatic heterocycles. The molecule has 0 unspecified atom stereocenters. The second-order valence-electron chi connectivity index (χ2n) is 9.43. The molecule has 206 valence electrons. The van der Waals surface area contributed by atoms with Crippen molar-refractivity contribution in [1.82, 2.24) is 14.9 Å². The molecule has 5 rings (SSSR count). The molecule has 2 N–H and O–H groups in total. The molecule has 2 aromatic carbocycles. The number of benzene rings is 2. The topological polar surface area (TPSA) is 91.8 Å². The molecule has 1 aromatic heterocycles. The van der Waals surface area contributed by atoms with Gasteiger partial charge in [-0.25, -0.2) is 4.98 Å². The Morgan fingerprint density at radius 1 is 1.15 bits per heavy atom. The minimum atomic E-state index is -4.56. The van der Waals surface area contributed by atoms with E-state index in [-0.39, 0.29) is 33.9 Å². The maximum Gasteiger partial charge on any atom is 0.416 e. The predicted molar refractivity (Wildman–Crippen MR) is 141 cm³/mol. The summed E-state index contributed by atoms with van der Waals surface area (Å²) in [4.78, 5) is 25.6. The Morgan fingerprint density at radius 2 is 1.92 bits per heavy atom. The third-order valence-corrected chi connectivity index (χ3v) is 6.76. The molecular weight excluding hydrogens is 537 g/mol. The largest absolute Gasteiger partial charge is 0.483 e. The zero-order valence-electron chi connectivity index (χ0n) is 21.2. The van der Waals surface area contributed by atoms with Crippen LogP contribution in [0.2, 0.25) is 5.02 Å². The summed E-state index contributed by atoms with van der Waals surface area (Å²) in [5.74, 6) is 0.375. The second-order valence-corrected chi connectivity index (χ2v) is 9.84. The average molecular weight is 563 g/mol. The van der Waals surface area contributed by atoms with E-state index in [0.29, 0.717) is 37.0 Å². The molecule has 0 aliphatic carbocycles. The van der Waals surface area contributed by atoms with E-state index in [1.54, 1.807) is 0 Å². The van der Waals surface area contributed by atoms with Crippen LogP contribution in [0.25, 0.3) is 0 Å². The van der Waals surface area contributed by atoms with Gasteiger partial charge in [0.25, 0.3) is 11.8 Å². The van der Waals surface area contributed by atoms with Crippen molar-refractivity contribution in [2.24, 2.45) is 0 Å². The highest BCUT2D eigenvalue weighted by Gasteiger charge is 2.32. The summed E-state index contributed by atoms with van der Waals surface area (Å²) in [5.41, 5.74) is -0.143. The first-order valence-corrected chi connectivity index (χ1v) is 12.6. The first-order chi connectivity index (χ1) is 18.6. The van der Waals surface area contributed by atoms with E-state index in [4.69, 9.17) is 21.1 Å². The summed E-state index contributed by atoms with van der Waals surface area (Å²) in [6.07, 6.45) is -3.26. The van der Waals surface area contributed by atoms with Crippen LogP contribution in [0, 0.1) is 0 Å². The highest BCUT2D eigenvalue weighted by molar-refractivity contribution is 6.32. The number of aromatic nitrogens is 2. The van der Waals surface area contributed by atoms with E-state index >= 15 is 0 Å². The number of ether oxygens (including phenoxy) is 2. The average Bonchev–Trinajstić information content (AvgIpc) is 2.90. The molecule has 13 heteroatoms. The fourth-order valence-corrected chi connectivity index (χ4v) is 4.46. The zero-order valence-corrected chi connectivity index (χ0v) is 21.9. The van der Waals surface area contributed by atoms with Crippen LogP contribution in [0.4, 0.5) is 30.4 Å². The molecule has 1 fully saturated rings. The third kappa shape index (κ3) is 5.96. The van der Waals surface area contributed by atoms with Gasteiger partial charge in [0.05, 0.1) is 28.0 Å². The Hall–Kier alpha value is -3.77. The molecule has 1 saturated heterocycles. The monoisotopic (exact) mass is 562 g/mol. The first-order valence-electron chi connectivity index (χ1n) is 12.3. The van der Waals surface area contributed by atoms with E-state index < -0.39 is 17.6 Å². The number of alkyl halides is 3. The second kappa shape index (κ2) is 10.8. The van der Waals surface area contributed by atoms with E-state index in [1.165, 1.54) is 30.6 Å². The van der Waals surface area contributed by atoms with Gasteiger partial charge in [-0.05, 0) is 50.4 Å². The lowest BCUT2D eigenvalue weighted by Gasteiger charge is -2.35. The van der Waals surface area contributed by atoms with Crippen LogP contribution in [0.15, 0.2) is 42.7 Å². The molecule has 0 spiro atoms. The predicted octanol–water partition coefficient (Wildman–Crippen LogP) is 5.14. The lowest BCUT2D eigenvalue weighted by atomic mass is 10.1. The van der Waals surface area contributed by atoms with Crippen molar-refractivity contribution in [2.75, 3.05) is 55.4 Å². The number of amides is 1. The van der Waals surface area contributed by atoms with Crippen LogP contribution >= 0.6 is 11.6 Å². The van der Waals surface area contributed by atoms with Crippen LogP contribution in [0.5, 0.6) is 17.4 Å². The van der Waals surface area contributed by atoms with Crippen LogP contribution in [-0.4, -0.2) is 66.7 Å². The molecule has 9 nitrogen and oxygen atoms in total. The number of rotatable bonds is 5. The van der Waals surface area contributed by atoms with Crippen molar-refractivity contribution >= 4 is 34.7 Å². The lowest BCUT2D eigenvalue weighted by Crippen LogP contribution is -2.44. The van der Waals surface area contributed by atoms with E-state index in [9.17, 15) is 18.0 Å². The van der Waals surface area contributed by atoms with Crippen LogP contribution in [-0.2, 0) is 6.18 Å². The van der Waals surface area contributed by atoms with Crippen molar-refractivity contribution in [3.8, 4) is 17.4 Å². The van der Waals surface area contributed by atoms with Gasteiger partial charge in [0, 0.05) is 31.7 Å². The molecule has 0 radical (unpaired) electrons. The fraction of sp³-hybridized carbons (Fsp3) is 0.346. The molecule has 39 heavy (non-hydrogen) atoms. The number of hydrogen-bond donors (Lipinski definition) is 2. The number of nitrogens with one attached hydrogen (secondary N) is 2. The number of anilines is 3. The molecule has 0 saturated carbocycles. The molecular formula is C26H26ClF3N6O3. The molecule has 3 aromatic rings. The maximum atomic E-state index is 13.5. The summed E-state index contributed by atoms with van der Waals surface area (Å²) >= 11 is 6.33. The fourth-order valence-electron chi connectivity index (χ4n) is 4.30. The minimum Gasteiger partial charge on any atom is -0.483 e. The highest BCUT2D eigenvalue weighted by atomic mass is 35.5. The first kappa shape index (κ1) is 26.8. The molecule has 1 atom stereocenters. The number of nitrogens with zero attached hydrogens (tertiary/aromatic N) is 4. The lowest BCUT2D eigenvalue weighted by molar-refractivity contribution is -0.137. The smallest absolute Gasteiger partial charge is 0.416 e. The number of fused-ring (bicyclic) bond motifs is 1. The SMILES string of the molecule is C[C@@H]1COc2c(ncnc2Oc2cc(C(=O)Nc3cc(C(F)(F)F)ccc3N3CCN(C)CC3)ccc2Cl)N1. The quantitative estimate of drug-likeness (QED) is 0.442. The Kier molecular flexibility index (Phi) is 7.41. The summed E-state index contributed by atoms with van der Waals surface area (Å²) < 4.78 is 52.1. The number of piperazine rings is 1. The number of hydrogen-bond acceptors (Lipinski definition) is 8. The third-order valence-electron chi connectivity index (χ3n) is 6.45. The number of carbonyl (C=O) groups is 1. The molecule has 1 amide bonds. The standard InChI is InChI=1S/C26H26ClF3N6O3/c1-15-13-38-22-23(33-15)31-14-32-25(22)39-21-11-16(3-5-18(21)27)24(37)34-19-12-17(26(28,29)30)4-6-20(19)36-9-7-35(2)8-10-36/h3-6,11-12,14-15H,7-10,13H2,1-2H3,(H,34,37)(H,31,32,33)/t15-/m1/s1. The zero-order chi connectivity index (χ0) is 27.7. The summed E-state index contributed by atoms with van der Waals surface area (Å²) in [5, 5.41) is 6.03. The van der Waals surface area contributed by atoms with Gasteiger partial charge in [0.2, 0.25) is 5.75 Å². The number of likely N-dealkylation sites (N-methyl/N-ethyl adjacent to an activating group) is 1. The van der Waals surface area contributed by atoms with Gasteiger partial charge in [-0.15, -0.1) is 0 Å². The number of halogens is 4. The van der Waals surface area contributed by atoms with E-state index in [2.05, 4.69) is 25.5 Å². The van der Waals surface area contributed by atoms with Crippen molar-refractivity contribution in [3.05, 3.63) is 58.9 Å². The Balaban J connectivity index is 1.42. The Labute approximate surface area is 227 Å². The van der Waals surface area contributed by atoms with Crippen molar-refractivity contribution in [1.29, 1.82) is 0 Å². The summed E-state index contributed by atoms with van der Waals surface area (Å²) in [6.45, 7) is 5.03. The normalized spacial score (nSPS) is 17.6. The number of carbonyl (C=O) groups excluding carboxylic acids is 1. The van der Waals surface area contributed by atoms with Gasteiger partial charge >= 0.3 is 6.18 Å². The van der Waals surface area contributed by atoms with Gasteiger partial charge < -0.3 is 29.9 Å². The summed E-state index contributed by atoms with van der Waals surface area (Å²) in [6, 6.07) is 7.75. The maximum absolute atomic E-state index is 13.5. The highest BCUT2D eigenvalue weighted by Crippen LogP contribution is 2.40. The van der Waals surface area contributed by atoms with Gasteiger partial charge in [0.15, 0.2) is 5.82 Å². The van der Waals surface area contributed by atoms with Crippen LogP contribution in [0.1, 0.15) is 22.8 Å². The van der Waals surface area contributed by atoms with Crippen molar-refractivity contribution < 1.29 is 27.4 Å². The Bertz CT molecular complexity index is 1380. The van der Waals surface area contributed by atoms with E-state index in [0.717, 1.165) is 25.2 Å².